The maximum absolute atomic E-state index is 5.70. The van der Waals surface area contributed by atoms with Crippen LogP contribution in [0.4, 0.5) is 0 Å². The number of ether oxygens (including phenoxy) is 1. The second kappa shape index (κ2) is 7.29. The Morgan fingerprint density at radius 3 is 2.25 bits per heavy atom. The van der Waals surface area contributed by atoms with E-state index in [1.54, 1.807) is 0 Å². The van der Waals surface area contributed by atoms with E-state index in [1.807, 2.05) is 0 Å². The molecule has 2 heteroatoms. The van der Waals surface area contributed by atoms with Crippen molar-refractivity contribution in [3.05, 3.63) is 0 Å². The lowest BCUT2D eigenvalue weighted by atomic mass is 10.1. The van der Waals surface area contributed by atoms with Gasteiger partial charge in [-0.3, -0.25) is 5.32 Å². The van der Waals surface area contributed by atoms with E-state index in [-0.39, 0.29) is 5.54 Å². The molecule has 0 spiro atoms. The van der Waals surface area contributed by atoms with E-state index in [9.17, 15) is 0 Å². The number of rotatable bonds is 8. The molecule has 1 heterocycles. The van der Waals surface area contributed by atoms with Gasteiger partial charge in [-0.05, 0) is 26.7 Å². The minimum Gasteiger partial charge on any atom is -0.361 e. The molecular formula is C14H29NO. The summed E-state index contributed by atoms with van der Waals surface area (Å²) in [7, 11) is 0. The molecule has 0 radical (unpaired) electrons. The van der Waals surface area contributed by atoms with Crippen LogP contribution in [0.2, 0.25) is 0 Å². The normalized spacial score (nSPS) is 23.8. The molecule has 0 saturated carbocycles. The quantitative estimate of drug-likeness (QED) is 0.636. The second-order valence-corrected chi connectivity index (χ2v) is 5.74. The molecule has 1 fully saturated rings. The van der Waals surface area contributed by atoms with Gasteiger partial charge in [0, 0.05) is 5.54 Å². The van der Waals surface area contributed by atoms with Gasteiger partial charge in [-0.15, -0.1) is 0 Å². The average Bonchev–Trinajstić information content (AvgIpc) is 2.57. The van der Waals surface area contributed by atoms with E-state index in [0.29, 0.717) is 6.23 Å². The Morgan fingerprint density at radius 1 is 1.06 bits per heavy atom. The van der Waals surface area contributed by atoms with Crippen molar-refractivity contribution < 1.29 is 4.74 Å². The molecule has 16 heavy (non-hydrogen) atoms. The highest BCUT2D eigenvalue weighted by Gasteiger charge is 2.29. The third-order valence-corrected chi connectivity index (χ3v) is 3.27. The highest BCUT2D eigenvalue weighted by molar-refractivity contribution is 4.84. The molecule has 2 nitrogen and oxygen atoms in total. The highest BCUT2D eigenvalue weighted by Crippen LogP contribution is 2.18. The predicted octanol–water partition coefficient (Wildman–Crippen LogP) is 3.85. The number of nitrogens with one attached hydrogen (secondary N) is 1. The first-order valence-corrected chi connectivity index (χ1v) is 7.03. The third-order valence-electron chi connectivity index (χ3n) is 3.27. The van der Waals surface area contributed by atoms with Crippen LogP contribution in [0.1, 0.15) is 72.1 Å². The van der Waals surface area contributed by atoms with Crippen molar-refractivity contribution in [1.29, 1.82) is 0 Å². The van der Waals surface area contributed by atoms with E-state index in [0.717, 1.165) is 6.61 Å². The fourth-order valence-electron chi connectivity index (χ4n) is 2.27. The zero-order valence-electron chi connectivity index (χ0n) is 11.3. The Morgan fingerprint density at radius 2 is 1.69 bits per heavy atom. The standard InChI is InChI=1S/C14H29NO/c1-4-5-6-7-8-9-10-11-13-15-14(2,3)12-16-13/h13,15H,4-12H2,1-3H3. The van der Waals surface area contributed by atoms with Gasteiger partial charge in [-0.25, -0.2) is 0 Å². The van der Waals surface area contributed by atoms with Gasteiger partial charge in [-0.1, -0.05) is 45.4 Å². The van der Waals surface area contributed by atoms with Gasteiger partial charge in [0.1, 0.15) is 6.23 Å². The molecule has 1 saturated heterocycles. The van der Waals surface area contributed by atoms with Crippen LogP contribution in [-0.2, 0) is 4.74 Å². The maximum Gasteiger partial charge on any atom is 0.108 e. The van der Waals surface area contributed by atoms with E-state index in [4.69, 9.17) is 4.74 Å². The lowest BCUT2D eigenvalue weighted by molar-refractivity contribution is 0.0895. The number of hydrogen-bond donors (Lipinski definition) is 1. The fraction of sp³-hybridized carbons (Fsp3) is 1.00. The van der Waals surface area contributed by atoms with Crippen molar-refractivity contribution in [3.63, 3.8) is 0 Å². The summed E-state index contributed by atoms with van der Waals surface area (Å²) < 4.78 is 5.70. The molecule has 1 aliphatic heterocycles. The summed E-state index contributed by atoms with van der Waals surface area (Å²) in [4.78, 5) is 0. The van der Waals surface area contributed by atoms with Crippen LogP contribution in [0.25, 0.3) is 0 Å². The molecule has 1 N–H and O–H groups in total. The number of unbranched alkanes of at least 4 members (excludes halogenated alkanes) is 6. The topological polar surface area (TPSA) is 21.3 Å². The molecule has 1 rings (SSSR count). The van der Waals surface area contributed by atoms with Gasteiger partial charge >= 0.3 is 0 Å². The predicted molar refractivity (Wildman–Crippen MR) is 69.6 cm³/mol. The Bertz CT molecular complexity index is 180. The summed E-state index contributed by atoms with van der Waals surface area (Å²) >= 11 is 0. The van der Waals surface area contributed by atoms with Crippen LogP contribution in [-0.4, -0.2) is 18.4 Å². The first-order valence-electron chi connectivity index (χ1n) is 7.03. The lowest BCUT2D eigenvalue weighted by Crippen LogP contribution is -2.38. The van der Waals surface area contributed by atoms with Crippen LogP contribution >= 0.6 is 0 Å². The van der Waals surface area contributed by atoms with E-state index in [2.05, 4.69) is 26.1 Å². The van der Waals surface area contributed by atoms with Gasteiger partial charge in [0.25, 0.3) is 0 Å². The van der Waals surface area contributed by atoms with Gasteiger partial charge < -0.3 is 4.74 Å². The first-order chi connectivity index (χ1) is 7.64. The van der Waals surface area contributed by atoms with Crippen LogP contribution in [0, 0.1) is 0 Å². The zero-order chi connectivity index (χ0) is 11.9. The van der Waals surface area contributed by atoms with E-state index >= 15 is 0 Å². The largest absolute Gasteiger partial charge is 0.361 e. The van der Waals surface area contributed by atoms with Crippen LogP contribution in [0.3, 0.4) is 0 Å². The maximum atomic E-state index is 5.70. The summed E-state index contributed by atoms with van der Waals surface area (Å²) in [5.74, 6) is 0. The number of hydrogen-bond acceptors (Lipinski definition) is 2. The van der Waals surface area contributed by atoms with E-state index in [1.165, 1.54) is 51.4 Å². The lowest BCUT2D eigenvalue weighted by Gasteiger charge is -2.16. The Balaban J connectivity index is 1.88. The smallest absolute Gasteiger partial charge is 0.108 e. The minimum atomic E-state index is 0.186. The summed E-state index contributed by atoms with van der Waals surface area (Å²) in [5.41, 5.74) is 0.186. The third kappa shape index (κ3) is 5.86. The highest BCUT2D eigenvalue weighted by atomic mass is 16.5. The minimum absolute atomic E-state index is 0.186. The molecule has 1 unspecified atom stereocenters. The first kappa shape index (κ1) is 14.0. The van der Waals surface area contributed by atoms with Crippen molar-refractivity contribution in [2.45, 2.75) is 83.9 Å². The van der Waals surface area contributed by atoms with Gasteiger partial charge in [0.15, 0.2) is 0 Å². The Labute approximate surface area is 101 Å². The average molecular weight is 227 g/mol. The zero-order valence-corrected chi connectivity index (χ0v) is 11.3. The Hall–Kier alpha value is -0.0800. The molecule has 1 atom stereocenters. The van der Waals surface area contributed by atoms with Crippen LogP contribution in [0.5, 0.6) is 0 Å². The molecule has 0 aliphatic carbocycles. The summed E-state index contributed by atoms with van der Waals surface area (Å²) in [5, 5.41) is 3.52. The van der Waals surface area contributed by atoms with E-state index < -0.39 is 0 Å². The van der Waals surface area contributed by atoms with Crippen LogP contribution < -0.4 is 5.32 Å². The van der Waals surface area contributed by atoms with Crippen molar-refractivity contribution in [2.24, 2.45) is 0 Å². The molecule has 0 aromatic carbocycles. The molecule has 96 valence electrons. The van der Waals surface area contributed by atoms with Crippen molar-refractivity contribution >= 4 is 0 Å². The SMILES string of the molecule is CCCCCCCCCC1NC(C)(C)CO1. The molecule has 0 aromatic heterocycles. The van der Waals surface area contributed by atoms with Gasteiger partial charge in [-0.2, -0.15) is 0 Å². The second-order valence-electron chi connectivity index (χ2n) is 5.74. The molecule has 0 amide bonds. The summed E-state index contributed by atoms with van der Waals surface area (Å²) in [6.07, 6.45) is 11.1. The van der Waals surface area contributed by atoms with Crippen molar-refractivity contribution in [3.8, 4) is 0 Å². The monoisotopic (exact) mass is 227 g/mol. The molecular weight excluding hydrogens is 198 g/mol. The molecule has 0 bridgehead atoms. The Kier molecular flexibility index (Phi) is 6.37. The van der Waals surface area contributed by atoms with Gasteiger partial charge in [0.2, 0.25) is 0 Å². The summed E-state index contributed by atoms with van der Waals surface area (Å²) in [6, 6.07) is 0. The molecule has 1 aliphatic rings. The van der Waals surface area contributed by atoms with Crippen molar-refractivity contribution in [2.75, 3.05) is 6.61 Å². The molecule has 0 aromatic rings. The summed E-state index contributed by atoms with van der Waals surface area (Å²) in [6.45, 7) is 7.54. The van der Waals surface area contributed by atoms with Gasteiger partial charge in [0.05, 0.1) is 6.61 Å². The fourth-order valence-corrected chi connectivity index (χ4v) is 2.27. The van der Waals surface area contributed by atoms with Crippen LogP contribution in [0.15, 0.2) is 0 Å². The van der Waals surface area contributed by atoms with Crippen molar-refractivity contribution in [1.82, 2.24) is 5.32 Å².